The van der Waals surface area contributed by atoms with Crippen LogP contribution in [0.3, 0.4) is 0 Å². The molecular formula is C20H17CoO4-. The van der Waals surface area contributed by atoms with Crippen molar-refractivity contribution in [1.82, 2.24) is 0 Å². The number of rotatable bonds is 6. The zero-order valence-corrected chi connectivity index (χ0v) is 14.9. The van der Waals surface area contributed by atoms with Crippen LogP contribution in [0.1, 0.15) is 11.1 Å². The molecule has 2 aromatic rings. The Kier molecular flexibility index (Phi) is 6.74. The third-order valence-electron chi connectivity index (χ3n) is 3.54. The minimum atomic E-state index is -0.669. The molecule has 131 valence electrons. The van der Waals surface area contributed by atoms with E-state index in [-0.39, 0.29) is 11.1 Å². The number of ether oxygens (including phenoxy) is 2. The molecule has 5 heteroatoms. The van der Waals surface area contributed by atoms with E-state index in [0.29, 0.717) is 5.92 Å². The van der Waals surface area contributed by atoms with Crippen LogP contribution in [0.2, 0.25) is 0 Å². The van der Waals surface area contributed by atoms with Crippen LogP contribution in [0, 0.1) is 5.92 Å². The Balaban J connectivity index is 2.79. The van der Waals surface area contributed by atoms with Gasteiger partial charge in [0.2, 0.25) is 0 Å². The maximum absolute atomic E-state index is 12.6. The molecule has 0 aromatic heterocycles. The fourth-order valence-corrected chi connectivity index (χ4v) is 2.69. The first-order chi connectivity index (χ1) is 12.1. The number of hydrogen-bond donors (Lipinski definition) is 0. The Morgan fingerprint density at radius 3 is 1.64 bits per heavy atom. The maximum atomic E-state index is 12.6. The summed E-state index contributed by atoms with van der Waals surface area (Å²) in [5, 5.41) is 0. The summed E-state index contributed by atoms with van der Waals surface area (Å²) in [6.07, 6.45) is 0. The fraction of sp³-hybridized carbons (Fsp3) is 0.100. The standard InChI is InChI=1S/C20H17O4.Co/c1-14(19(21)23-2)17(20(22)24-3)18(15-10-6-4-7-11-15)16-12-8-5-9-13-16;/h1,4-13H,2-3H3;/q-1;. The Bertz CT molecular complexity index is 742. The average Bonchev–Trinajstić information content (AvgIpc) is 2.68. The van der Waals surface area contributed by atoms with Crippen LogP contribution in [0.5, 0.6) is 0 Å². The molecule has 25 heavy (non-hydrogen) atoms. The number of carbonyl (C=O) groups excluding carboxylic acids is 2. The molecule has 0 saturated heterocycles. The molecule has 0 N–H and O–H groups in total. The van der Waals surface area contributed by atoms with Crippen LogP contribution in [0.4, 0.5) is 0 Å². The molecule has 0 unspecified atom stereocenters. The topological polar surface area (TPSA) is 52.6 Å². The van der Waals surface area contributed by atoms with Gasteiger partial charge in [-0.05, 0) is 0 Å². The number of esters is 2. The normalized spacial score (nSPS) is 11.2. The summed E-state index contributed by atoms with van der Waals surface area (Å²) in [4.78, 5) is 26.0. The van der Waals surface area contributed by atoms with Crippen LogP contribution in [0.25, 0.3) is 0 Å². The molecule has 0 heterocycles. The summed E-state index contributed by atoms with van der Waals surface area (Å²) in [7, 11) is 2.52. The summed E-state index contributed by atoms with van der Waals surface area (Å²) in [6.45, 7) is 0. The van der Waals surface area contributed by atoms with Gasteiger partial charge >= 0.3 is 154 Å². The SMILES string of the molecule is COC(=O)C([CH]=[Co])=C(C(=O)OC)[C-](c1ccccc1)c1ccccc1. The summed E-state index contributed by atoms with van der Waals surface area (Å²) < 4.78 is 9.74. The van der Waals surface area contributed by atoms with Gasteiger partial charge in [0.25, 0.3) is 0 Å². The number of methoxy groups -OCH3 is 2. The van der Waals surface area contributed by atoms with Crippen LogP contribution in [-0.2, 0) is 34.4 Å². The van der Waals surface area contributed by atoms with E-state index in [1.165, 1.54) is 19.2 Å². The third kappa shape index (κ3) is 4.26. The Labute approximate surface area is 154 Å². The van der Waals surface area contributed by atoms with E-state index >= 15 is 0 Å². The molecule has 4 nitrogen and oxygen atoms in total. The summed E-state index contributed by atoms with van der Waals surface area (Å²) in [6, 6.07) is 18.6. The third-order valence-corrected chi connectivity index (χ3v) is 3.84. The quantitative estimate of drug-likeness (QED) is 0.439. The fourth-order valence-electron chi connectivity index (χ4n) is 2.41. The van der Waals surface area contributed by atoms with Crippen molar-refractivity contribution >= 4 is 16.9 Å². The van der Waals surface area contributed by atoms with Crippen molar-refractivity contribution in [3.63, 3.8) is 0 Å². The van der Waals surface area contributed by atoms with Gasteiger partial charge in [-0.25, -0.2) is 0 Å². The van der Waals surface area contributed by atoms with E-state index in [9.17, 15) is 9.59 Å². The van der Waals surface area contributed by atoms with Gasteiger partial charge in [-0.3, -0.25) is 0 Å². The molecule has 0 fully saturated rings. The molecule has 2 aromatic carbocycles. The second-order valence-corrected chi connectivity index (χ2v) is 5.28. The Hall–Kier alpha value is -2.63. The van der Waals surface area contributed by atoms with Crippen molar-refractivity contribution in [2.75, 3.05) is 14.2 Å². The Morgan fingerprint density at radius 2 is 1.28 bits per heavy atom. The van der Waals surface area contributed by atoms with E-state index in [4.69, 9.17) is 9.47 Å². The molecule has 0 amide bonds. The predicted octanol–water partition coefficient (Wildman–Crippen LogP) is 2.65. The number of carbonyl (C=O) groups is 2. The number of hydrogen-bond acceptors (Lipinski definition) is 4. The van der Waals surface area contributed by atoms with Crippen molar-refractivity contribution in [3.05, 3.63) is 88.9 Å². The molecule has 0 bridgehead atoms. The van der Waals surface area contributed by atoms with Crippen LogP contribution in [0.15, 0.2) is 71.8 Å². The van der Waals surface area contributed by atoms with Gasteiger partial charge < -0.3 is 0 Å². The van der Waals surface area contributed by atoms with E-state index in [0.717, 1.165) is 11.1 Å². The monoisotopic (exact) mass is 380 g/mol. The van der Waals surface area contributed by atoms with Crippen molar-refractivity contribution in [3.8, 4) is 0 Å². The van der Waals surface area contributed by atoms with Crippen molar-refractivity contribution in [2.45, 2.75) is 0 Å². The van der Waals surface area contributed by atoms with Gasteiger partial charge in [0.05, 0.1) is 0 Å². The second kappa shape index (κ2) is 9.01. The van der Waals surface area contributed by atoms with E-state index < -0.39 is 11.9 Å². The summed E-state index contributed by atoms with van der Waals surface area (Å²) >= 11 is 4.15. The van der Waals surface area contributed by atoms with Crippen molar-refractivity contribution in [1.29, 1.82) is 0 Å². The summed E-state index contributed by atoms with van der Waals surface area (Å²) in [5.74, 6) is -0.748. The molecule has 0 spiro atoms. The second-order valence-electron chi connectivity index (χ2n) is 4.98. The zero-order valence-electron chi connectivity index (χ0n) is 13.8. The molecular weight excluding hydrogens is 363 g/mol. The Morgan fingerprint density at radius 1 is 0.840 bits per heavy atom. The van der Waals surface area contributed by atoms with Gasteiger partial charge in [-0.2, -0.15) is 0 Å². The van der Waals surface area contributed by atoms with Crippen molar-refractivity contribution < 1.29 is 34.4 Å². The minimum absolute atomic E-state index is 0.0251. The van der Waals surface area contributed by atoms with Crippen LogP contribution >= 0.6 is 0 Å². The first-order valence-electron chi connectivity index (χ1n) is 7.44. The predicted molar refractivity (Wildman–Crippen MR) is 91.5 cm³/mol. The van der Waals surface area contributed by atoms with Gasteiger partial charge in [0, 0.05) is 0 Å². The van der Waals surface area contributed by atoms with Gasteiger partial charge in [0.1, 0.15) is 0 Å². The van der Waals surface area contributed by atoms with E-state index in [2.05, 4.69) is 15.3 Å². The molecule has 0 radical (unpaired) electrons. The molecule has 0 aliphatic carbocycles. The molecule has 0 atom stereocenters. The molecule has 0 saturated carbocycles. The summed E-state index contributed by atoms with van der Waals surface area (Å²) in [5.41, 5.74) is 1.66. The van der Waals surface area contributed by atoms with Crippen LogP contribution in [-0.4, -0.2) is 31.1 Å². The molecule has 0 aliphatic heterocycles. The van der Waals surface area contributed by atoms with E-state index in [1.807, 2.05) is 60.7 Å². The van der Waals surface area contributed by atoms with Gasteiger partial charge in [-0.1, -0.05) is 0 Å². The van der Waals surface area contributed by atoms with Gasteiger partial charge in [-0.15, -0.1) is 0 Å². The molecule has 0 aliphatic rings. The van der Waals surface area contributed by atoms with Gasteiger partial charge in [0.15, 0.2) is 0 Å². The zero-order chi connectivity index (χ0) is 18.2. The average molecular weight is 380 g/mol. The first-order valence-corrected chi connectivity index (χ1v) is 8.04. The van der Waals surface area contributed by atoms with Crippen molar-refractivity contribution in [2.24, 2.45) is 0 Å². The number of benzene rings is 2. The first kappa shape index (κ1) is 18.7. The molecule has 2 rings (SSSR count). The van der Waals surface area contributed by atoms with Crippen LogP contribution < -0.4 is 0 Å². The van der Waals surface area contributed by atoms with E-state index in [1.54, 1.807) is 0 Å².